The Balaban J connectivity index is 1.63. The molecular formula is C24H22ClN3O4S. The quantitative estimate of drug-likeness (QED) is 0.433. The van der Waals surface area contributed by atoms with E-state index in [-0.39, 0.29) is 25.0 Å². The monoisotopic (exact) mass is 483 g/mol. The second-order valence-corrected chi connectivity index (χ2v) is 8.87. The van der Waals surface area contributed by atoms with Crippen LogP contribution in [-0.2, 0) is 17.9 Å². The smallest absolute Gasteiger partial charge is 0.332 e. The van der Waals surface area contributed by atoms with E-state index in [4.69, 9.17) is 16.3 Å². The molecule has 1 amide bonds. The van der Waals surface area contributed by atoms with Crippen LogP contribution in [0.5, 0.6) is 5.75 Å². The molecule has 2 aromatic carbocycles. The van der Waals surface area contributed by atoms with Crippen molar-refractivity contribution in [2.75, 3.05) is 7.11 Å². The third kappa shape index (κ3) is 4.72. The lowest BCUT2D eigenvalue weighted by Crippen LogP contribution is -2.42. The van der Waals surface area contributed by atoms with E-state index >= 15 is 0 Å². The highest BCUT2D eigenvalue weighted by Crippen LogP contribution is 2.19. The van der Waals surface area contributed by atoms with E-state index in [2.05, 4.69) is 5.32 Å². The molecule has 33 heavy (non-hydrogen) atoms. The Kier molecular flexibility index (Phi) is 6.67. The number of methoxy groups -OCH3 is 1. The van der Waals surface area contributed by atoms with Crippen LogP contribution in [0.4, 0.5) is 0 Å². The number of fused-ring (bicyclic) bond motifs is 1. The molecule has 1 N–H and O–H groups in total. The molecule has 7 nitrogen and oxygen atoms in total. The van der Waals surface area contributed by atoms with Crippen LogP contribution in [0.1, 0.15) is 24.1 Å². The van der Waals surface area contributed by atoms with Crippen molar-refractivity contribution in [1.82, 2.24) is 14.5 Å². The summed E-state index contributed by atoms with van der Waals surface area (Å²) < 4.78 is 8.04. The van der Waals surface area contributed by atoms with Crippen molar-refractivity contribution in [3.05, 3.63) is 97.0 Å². The fourth-order valence-corrected chi connectivity index (χ4v) is 4.67. The van der Waals surface area contributed by atoms with E-state index in [0.717, 1.165) is 15.9 Å². The fraction of sp³-hybridized carbons (Fsp3) is 0.208. The first-order valence-electron chi connectivity index (χ1n) is 10.3. The van der Waals surface area contributed by atoms with E-state index in [1.807, 2.05) is 31.2 Å². The summed E-state index contributed by atoms with van der Waals surface area (Å²) in [5.41, 5.74) is 1.04. The molecule has 1 unspecified atom stereocenters. The lowest BCUT2D eigenvalue weighted by Gasteiger charge is -2.17. The second kappa shape index (κ2) is 9.64. The number of aromatic nitrogens is 2. The van der Waals surface area contributed by atoms with Crippen LogP contribution in [0, 0.1) is 0 Å². The molecule has 0 aliphatic carbocycles. The minimum absolute atomic E-state index is 0.0229. The minimum Gasteiger partial charge on any atom is -0.497 e. The SMILES string of the molecule is COc1ccc(C(C)NC(=O)Cn2c(=O)n(Cc3ccccc3Cl)c(=O)c3sccc32)cc1. The molecule has 0 aliphatic heterocycles. The molecule has 0 radical (unpaired) electrons. The molecule has 1 atom stereocenters. The van der Waals surface area contributed by atoms with Gasteiger partial charge in [0, 0.05) is 5.02 Å². The fourth-order valence-electron chi connectivity index (χ4n) is 3.63. The molecule has 0 bridgehead atoms. The van der Waals surface area contributed by atoms with Crippen molar-refractivity contribution in [1.29, 1.82) is 0 Å². The van der Waals surface area contributed by atoms with Crippen LogP contribution in [0.15, 0.2) is 69.6 Å². The van der Waals surface area contributed by atoms with Gasteiger partial charge in [-0.15, -0.1) is 11.3 Å². The highest BCUT2D eigenvalue weighted by atomic mass is 35.5. The Bertz CT molecular complexity index is 1420. The Morgan fingerprint density at radius 1 is 1.09 bits per heavy atom. The molecule has 0 aliphatic rings. The van der Waals surface area contributed by atoms with Crippen molar-refractivity contribution >= 4 is 39.1 Å². The number of carbonyl (C=O) groups is 1. The Morgan fingerprint density at radius 2 is 1.82 bits per heavy atom. The van der Waals surface area contributed by atoms with E-state index in [0.29, 0.717) is 20.8 Å². The molecule has 0 spiro atoms. The number of rotatable bonds is 7. The van der Waals surface area contributed by atoms with Crippen LogP contribution in [0.3, 0.4) is 0 Å². The average Bonchev–Trinajstić information content (AvgIpc) is 3.31. The number of benzene rings is 2. The largest absolute Gasteiger partial charge is 0.497 e. The molecule has 0 fully saturated rings. The standard InChI is InChI=1S/C24H22ClN3O4S/c1-15(16-7-9-18(32-2)10-8-16)26-21(29)14-27-20-11-12-33-22(20)23(30)28(24(27)31)13-17-5-3-4-6-19(17)25/h3-12,15H,13-14H2,1-2H3,(H,26,29). The van der Waals surface area contributed by atoms with E-state index in [9.17, 15) is 14.4 Å². The molecule has 4 rings (SSSR count). The second-order valence-electron chi connectivity index (χ2n) is 7.55. The van der Waals surface area contributed by atoms with Gasteiger partial charge < -0.3 is 10.1 Å². The summed E-state index contributed by atoms with van der Waals surface area (Å²) in [6.07, 6.45) is 0. The van der Waals surface area contributed by atoms with E-state index in [1.54, 1.807) is 42.8 Å². The molecule has 2 heterocycles. The van der Waals surface area contributed by atoms with Crippen molar-refractivity contribution in [2.45, 2.75) is 26.1 Å². The third-order valence-corrected chi connectivity index (χ3v) is 6.68. The van der Waals surface area contributed by atoms with Gasteiger partial charge in [0.25, 0.3) is 5.56 Å². The van der Waals surface area contributed by atoms with E-state index in [1.165, 1.54) is 15.9 Å². The molecule has 0 saturated heterocycles. The van der Waals surface area contributed by atoms with Gasteiger partial charge >= 0.3 is 5.69 Å². The summed E-state index contributed by atoms with van der Waals surface area (Å²) >= 11 is 7.48. The molecule has 0 saturated carbocycles. The highest BCUT2D eigenvalue weighted by Gasteiger charge is 2.18. The van der Waals surface area contributed by atoms with Crippen LogP contribution in [-0.4, -0.2) is 22.2 Å². The van der Waals surface area contributed by atoms with Gasteiger partial charge in [-0.1, -0.05) is 41.9 Å². The number of hydrogen-bond donors (Lipinski definition) is 1. The number of nitrogens with one attached hydrogen (secondary N) is 1. The lowest BCUT2D eigenvalue weighted by atomic mass is 10.1. The Morgan fingerprint density at radius 3 is 2.52 bits per heavy atom. The normalized spacial score (nSPS) is 12.0. The summed E-state index contributed by atoms with van der Waals surface area (Å²) in [6.45, 7) is 1.67. The van der Waals surface area contributed by atoms with Gasteiger partial charge in [0.05, 0.1) is 25.2 Å². The zero-order valence-electron chi connectivity index (χ0n) is 18.1. The number of halogens is 1. The lowest BCUT2D eigenvalue weighted by molar-refractivity contribution is -0.122. The van der Waals surface area contributed by atoms with Gasteiger partial charge in [-0.25, -0.2) is 4.79 Å². The van der Waals surface area contributed by atoms with Gasteiger partial charge in [-0.3, -0.25) is 18.7 Å². The maximum absolute atomic E-state index is 13.3. The molecule has 4 aromatic rings. The summed E-state index contributed by atoms with van der Waals surface area (Å²) in [6, 6.07) is 15.8. The summed E-state index contributed by atoms with van der Waals surface area (Å²) in [7, 11) is 1.59. The number of nitrogens with zero attached hydrogens (tertiary/aromatic N) is 2. The minimum atomic E-state index is -0.557. The first-order chi connectivity index (χ1) is 15.9. The van der Waals surface area contributed by atoms with Crippen molar-refractivity contribution < 1.29 is 9.53 Å². The Labute approximate surface area is 198 Å². The predicted octanol–water partition coefficient (Wildman–Crippen LogP) is 3.81. The first-order valence-corrected chi connectivity index (χ1v) is 11.5. The number of ether oxygens (including phenoxy) is 1. The van der Waals surface area contributed by atoms with Crippen LogP contribution >= 0.6 is 22.9 Å². The summed E-state index contributed by atoms with van der Waals surface area (Å²) in [4.78, 5) is 39.1. The molecule has 2 aromatic heterocycles. The molecule has 9 heteroatoms. The zero-order chi connectivity index (χ0) is 23.5. The predicted molar refractivity (Wildman–Crippen MR) is 130 cm³/mol. The molecule has 170 valence electrons. The number of thiophene rings is 1. The third-order valence-electron chi connectivity index (χ3n) is 5.42. The summed E-state index contributed by atoms with van der Waals surface area (Å²) in [5.74, 6) is 0.389. The van der Waals surface area contributed by atoms with Crippen molar-refractivity contribution in [2.24, 2.45) is 0 Å². The van der Waals surface area contributed by atoms with E-state index < -0.39 is 11.2 Å². The van der Waals surface area contributed by atoms with Gasteiger partial charge in [0.1, 0.15) is 17.0 Å². The topological polar surface area (TPSA) is 82.3 Å². The van der Waals surface area contributed by atoms with Gasteiger partial charge in [-0.05, 0) is 47.7 Å². The number of carbonyl (C=O) groups excluding carboxylic acids is 1. The van der Waals surface area contributed by atoms with Gasteiger partial charge in [0.2, 0.25) is 5.91 Å². The van der Waals surface area contributed by atoms with Crippen LogP contribution in [0.25, 0.3) is 10.2 Å². The first kappa shape index (κ1) is 22.8. The van der Waals surface area contributed by atoms with Crippen molar-refractivity contribution in [3.63, 3.8) is 0 Å². The van der Waals surface area contributed by atoms with Crippen LogP contribution < -0.4 is 21.3 Å². The van der Waals surface area contributed by atoms with Gasteiger partial charge in [-0.2, -0.15) is 0 Å². The Hall–Kier alpha value is -3.36. The maximum Gasteiger partial charge on any atom is 0.332 e. The van der Waals surface area contributed by atoms with Crippen LogP contribution in [0.2, 0.25) is 5.02 Å². The summed E-state index contributed by atoms with van der Waals surface area (Å²) in [5, 5.41) is 5.12. The highest BCUT2D eigenvalue weighted by molar-refractivity contribution is 7.17. The number of amides is 1. The van der Waals surface area contributed by atoms with Crippen molar-refractivity contribution in [3.8, 4) is 5.75 Å². The number of hydrogen-bond acceptors (Lipinski definition) is 5. The maximum atomic E-state index is 13.3. The molecular weight excluding hydrogens is 462 g/mol. The zero-order valence-corrected chi connectivity index (χ0v) is 19.7. The van der Waals surface area contributed by atoms with Gasteiger partial charge in [0.15, 0.2) is 0 Å². The average molecular weight is 484 g/mol.